The molecule has 1 atom stereocenters. The maximum absolute atomic E-state index is 5.60. The summed E-state index contributed by atoms with van der Waals surface area (Å²) in [6, 6.07) is 0.105. The van der Waals surface area contributed by atoms with Crippen LogP contribution in [0.25, 0.3) is 0 Å². The van der Waals surface area contributed by atoms with Crippen LogP contribution in [0.15, 0.2) is 0 Å². The number of rotatable bonds is 1. The van der Waals surface area contributed by atoms with Crippen molar-refractivity contribution in [3.63, 3.8) is 0 Å². The van der Waals surface area contributed by atoms with Crippen molar-refractivity contribution in [2.45, 2.75) is 25.5 Å². The quantitative estimate of drug-likeness (QED) is 0.604. The van der Waals surface area contributed by atoms with Crippen LogP contribution >= 0.6 is 12.2 Å². The molecule has 0 radical (unpaired) electrons. The Labute approximate surface area is 78.9 Å². The van der Waals surface area contributed by atoms with Crippen LogP contribution in [-0.4, -0.2) is 41.7 Å². The summed E-state index contributed by atoms with van der Waals surface area (Å²) in [7, 11) is 2.02. The van der Waals surface area contributed by atoms with E-state index in [1.807, 2.05) is 7.05 Å². The summed E-state index contributed by atoms with van der Waals surface area (Å²) < 4.78 is 5.60. The average molecular weight is 188 g/mol. The number of thiocarbonyl (C=S) groups is 1. The molecule has 1 rings (SSSR count). The molecule has 12 heavy (non-hydrogen) atoms. The summed E-state index contributed by atoms with van der Waals surface area (Å²) in [5.41, 5.74) is 5.48. The number of hydrogen-bond donors (Lipinski definition) is 1. The molecular formula is C8H16N2OS. The van der Waals surface area contributed by atoms with Crippen LogP contribution in [0, 0.1) is 0 Å². The molecule has 3 nitrogen and oxygen atoms in total. The van der Waals surface area contributed by atoms with Crippen LogP contribution < -0.4 is 5.73 Å². The van der Waals surface area contributed by atoms with E-state index in [0.29, 0.717) is 11.6 Å². The SMILES string of the molecule is CN1CC(C)(C)OCC1C(N)=S. The summed E-state index contributed by atoms with van der Waals surface area (Å²) in [5.74, 6) is 0. The minimum absolute atomic E-state index is 0.0734. The van der Waals surface area contributed by atoms with Crippen molar-refractivity contribution in [1.82, 2.24) is 4.90 Å². The van der Waals surface area contributed by atoms with Crippen molar-refractivity contribution < 1.29 is 4.74 Å². The van der Waals surface area contributed by atoms with E-state index in [1.54, 1.807) is 0 Å². The fourth-order valence-electron chi connectivity index (χ4n) is 1.49. The lowest BCUT2D eigenvalue weighted by Gasteiger charge is -2.41. The zero-order chi connectivity index (χ0) is 9.35. The van der Waals surface area contributed by atoms with Gasteiger partial charge in [-0.25, -0.2) is 0 Å². The molecule has 0 aliphatic carbocycles. The van der Waals surface area contributed by atoms with Crippen molar-refractivity contribution in [1.29, 1.82) is 0 Å². The zero-order valence-corrected chi connectivity index (χ0v) is 8.65. The number of nitrogens with two attached hydrogens (primary N) is 1. The molecule has 0 spiro atoms. The third-order valence-corrected chi connectivity index (χ3v) is 2.39. The second kappa shape index (κ2) is 3.28. The van der Waals surface area contributed by atoms with Crippen LogP contribution in [0.3, 0.4) is 0 Å². The smallest absolute Gasteiger partial charge is 0.0925 e. The van der Waals surface area contributed by atoms with Gasteiger partial charge in [0.2, 0.25) is 0 Å². The second-order valence-corrected chi connectivity index (χ2v) is 4.38. The predicted molar refractivity (Wildman–Crippen MR) is 53.2 cm³/mol. The molecule has 0 aromatic heterocycles. The number of nitrogens with zero attached hydrogens (tertiary/aromatic N) is 1. The highest BCUT2D eigenvalue weighted by Gasteiger charge is 2.32. The molecule has 1 fully saturated rings. The van der Waals surface area contributed by atoms with E-state index in [0.717, 1.165) is 6.54 Å². The Kier molecular flexibility index (Phi) is 2.70. The van der Waals surface area contributed by atoms with Crippen molar-refractivity contribution in [2.24, 2.45) is 5.73 Å². The van der Waals surface area contributed by atoms with Crippen LogP contribution in [0.1, 0.15) is 13.8 Å². The van der Waals surface area contributed by atoms with E-state index in [-0.39, 0.29) is 11.6 Å². The topological polar surface area (TPSA) is 38.5 Å². The van der Waals surface area contributed by atoms with Crippen LogP contribution in [0.2, 0.25) is 0 Å². The van der Waals surface area contributed by atoms with Gasteiger partial charge in [-0.05, 0) is 20.9 Å². The van der Waals surface area contributed by atoms with Crippen molar-refractivity contribution in [3.8, 4) is 0 Å². The molecule has 0 aromatic carbocycles. The van der Waals surface area contributed by atoms with Gasteiger partial charge in [0, 0.05) is 6.54 Å². The van der Waals surface area contributed by atoms with E-state index >= 15 is 0 Å². The highest BCUT2D eigenvalue weighted by molar-refractivity contribution is 7.80. The van der Waals surface area contributed by atoms with E-state index in [2.05, 4.69) is 18.7 Å². The van der Waals surface area contributed by atoms with Crippen molar-refractivity contribution in [3.05, 3.63) is 0 Å². The van der Waals surface area contributed by atoms with Gasteiger partial charge in [-0.15, -0.1) is 0 Å². The van der Waals surface area contributed by atoms with E-state index in [9.17, 15) is 0 Å². The number of likely N-dealkylation sites (N-methyl/N-ethyl adjacent to an activating group) is 1. The number of ether oxygens (including phenoxy) is 1. The summed E-state index contributed by atoms with van der Waals surface area (Å²) in [4.78, 5) is 2.67. The molecular weight excluding hydrogens is 172 g/mol. The molecule has 1 aliphatic rings. The van der Waals surface area contributed by atoms with E-state index < -0.39 is 0 Å². The van der Waals surface area contributed by atoms with Crippen LogP contribution in [0.4, 0.5) is 0 Å². The lowest BCUT2D eigenvalue weighted by atomic mass is 10.1. The Morgan fingerprint density at radius 1 is 1.67 bits per heavy atom. The first-order valence-electron chi connectivity index (χ1n) is 4.06. The molecule has 1 unspecified atom stereocenters. The molecule has 0 bridgehead atoms. The average Bonchev–Trinajstić information content (AvgIpc) is 1.83. The van der Waals surface area contributed by atoms with Crippen molar-refractivity contribution in [2.75, 3.05) is 20.2 Å². The zero-order valence-electron chi connectivity index (χ0n) is 7.83. The van der Waals surface area contributed by atoms with Gasteiger partial charge in [-0.2, -0.15) is 0 Å². The molecule has 0 saturated carbocycles. The van der Waals surface area contributed by atoms with Gasteiger partial charge in [0.15, 0.2) is 0 Å². The van der Waals surface area contributed by atoms with Gasteiger partial charge < -0.3 is 10.5 Å². The fraction of sp³-hybridized carbons (Fsp3) is 0.875. The Morgan fingerprint density at radius 3 is 2.67 bits per heavy atom. The molecule has 1 saturated heterocycles. The van der Waals surface area contributed by atoms with Gasteiger partial charge >= 0.3 is 0 Å². The molecule has 2 N–H and O–H groups in total. The van der Waals surface area contributed by atoms with Crippen LogP contribution in [-0.2, 0) is 4.74 Å². The molecule has 0 aromatic rings. The Morgan fingerprint density at radius 2 is 2.25 bits per heavy atom. The maximum Gasteiger partial charge on any atom is 0.0925 e. The standard InChI is InChI=1S/C8H16N2OS/c1-8(2)5-10(3)6(4-11-8)7(9)12/h6H,4-5H2,1-3H3,(H2,9,12). The normalized spacial score (nSPS) is 30.1. The van der Waals surface area contributed by atoms with E-state index in [1.165, 1.54) is 0 Å². The van der Waals surface area contributed by atoms with Gasteiger partial charge in [-0.1, -0.05) is 12.2 Å². The first kappa shape index (κ1) is 9.89. The second-order valence-electron chi connectivity index (χ2n) is 3.90. The largest absolute Gasteiger partial charge is 0.392 e. The molecule has 1 aliphatic heterocycles. The molecule has 4 heteroatoms. The Bertz CT molecular complexity index is 193. The minimum atomic E-state index is -0.0734. The lowest BCUT2D eigenvalue weighted by molar-refractivity contribution is -0.0915. The third kappa shape index (κ3) is 2.15. The van der Waals surface area contributed by atoms with Crippen LogP contribution in [0.5, 0.6) is 0 Å². The molecule has 70 valence electrons. The van der Waals surface area contributed by atoms with Gasteiger partial charge in [0.05, 0.1) is 23.2 Å². The summed E-state index contributed by atoms with van der Waals surface area (Å²) >= 11 is 4.92. The van der Waals surface area contributed by atoms with Gasteiger partial charge in [-0.3, -0.25) is 4.90 Å². The van der Waals surface area contributed by atoms with Gasteiger partial charge in [0.25, 0.3) is 0 Å². The highest BCUT2D eigenvalue weighted by atomic mass is 32.1. The summed E-state index contributed by atoms with van der Waals surface area (Å²) in [5, 5.41) is 0. The number of morpholine rings is 1. The summed E-state index contributed by atoms with van der Waals surface area (Å²) in [6.45, 7) is 5.62. The Hall–Kier alpha value is -0.190. The molecule has 1 heterocycles. The monoisotopic (exact) mass is 188 g/mol. The fourth-order valence-corrected chi connectivity index (χ4v) is 1.74. The lowest BCUT2D eigenvalue weighted by Crippen LogP contribution is -2.56. The Balaban J connectivity index is 2.60. The number of hydrogen-bond acceptors (Lipinski definition) is 3. The maximum atomic E-state index is 5.60. The predicted octanol–water partition coefficient (Wildman–Crippen LogP) is 0.382. The molecule has 0 amide bonds. The van der Waals surface area contributed by atoms with E-state index in [4.69, 9.17) is 22.7 Å². The first-order valence-corrected chi connectivity index (χ1v) is 4.47. The van der Waals surface area contributed by atoms with Crippen molar-refractivity contribution >= 4 is 17.2 Å². The minimum Gasteiger partial charge on any atom is -0.392 e. The van der Waals surface area contributed by atoms with Gasteiger partial charge in [0.1, 0.15) is 0 Å². The highest BCUT2D eigenvalue weighted by Crippen LogP contribution is 2.18. The first-order chi connectivity index (χ1) is 5.42. The summed E-state index contributed by atoms with van der Waals surface area (Å²) in [6.07, 6.45) is 0. The third-order valence-electron chi connectivity index (χ3n) is 2.12.